The van der Waals surface area contributed by atoms with Gasteiger partial charge in [0.2, 0.25) is 11.8 Å². The molecule has 2 aromatic heterocycles. The highest BCUT2D eigenvalue weighted by atomic mass is 32.1. The molecule has 3 rings (SSSR count). The van der Waals surface area contributed by atoms with Gasteiger partial charge in [-0.15, -0.1) is 11.3 Å². The van der Waals surface area contributed by atoms with E-state index in [1.165, 1.54) is 16.2 Å². The Bertz CT molecular complexity index is 985. The van der Waals surface area contributed by atoms with Crippen molar-refractivity contribution in [3.05, 3.63) is 75.6 Å². The molecular formula is C22H23N3O3S. The zero-order chi connectivity index (χ0) is 20.8. The molecule has 1 aromatic carbocycles. The first-order chi connectivity index (χ1) is 13.9. The standard InChI is InChI=1S/C22H23N3O3S/c1-15-6-7-16(2)18(11-15)28-21-9-8-17(13-24-21)12-23-20(26)14-25(3)22(27)19-5-4-10-29-19/h4-11,13H,12,14H2,1-3H3,(H,23,26). The number of likely N-dealkylation sites (N-methyl/N-ethyl adjacent to an activating group) is 1. The van der Waals surface area contributed by atoms with E-state index in [-0.39, 0.29) is 18.4 Å². The third-order valence-electron chi connectivity index (χ3n) is 4.30. The van der Waals surface area contributed by atoms with Gasteiger partial charge in [-0.05, 0) is 48.1 Å². The molecule has 0 bridgehead atoms. The SMILES string of the molecule is Cc1ccc(C)c(Oc2ccc(CNC(=O)CN(C)C(=O)c3cccs3)cn2)c1. The van der Waals surface area contributed by atoms with Crippen molar-refractivity contribution in [2.75, 3.05) is 13.6 Å². The predicted molar refractivity (Wildman–Crippen MR) is 113 cm³/mol. The van der Waals surface area contributed by atoms with Crippen LogP contribution in [-0.2, 0) is 11.3 Å². The fourth-order valence-electron chi connectivity index (χ4n) is 2.64. The summed E-state index contributed by atoms with van der Waals surface area (Å²) < 4.78 is 5.84. The monoisotopic (exact) mass is 409 g/mol. The predicted octanol–water partition coefficient (Wildman–Crippen LogP) is 3.94. The average Bonchev–Trinajstić information content (AvgIpc) is 3.24. The fourth-order valence-corrected chi connectivity index (χ4v) is 3.36. The molecule has 0 aliphatic heterocycles. The first-order valence-electron chi connectivity index (χ1n) is 9.18. The molecule has 0 atom stereocenters. The van der Waals surface area contributed by atoms with Crippen LogP contribution < -0.4 is 10.1 Å². The number of aryl methyl sites for hydroxylation is 2. The molecule has 0 radical (unpaired) electrons. The van der Waals surface area contributed by atoms with Gasteiger partial charge in [0.1, 0.15) is 5.75 Å². The summed E-state index contributed by atoms with van der Waals surface area (Å²) in [5.41, 5.74) is 3.00. The van der Waals surface area contributed by atoms with Crippen LogP contribution in [-0.4, -0.2) is 35.3 Å². The number of carbonyl (C=O) groups excluding carboxylic acids is 2. The minimum Gasteiger partial charge on any atom is -0.439 e. The molecule has 6 nitrogen and oxygen atoms in total. The van der Waals surface area contributed by atoms with E-state index in [0.717, 1.165) is 22.4 Å². The van der Waals surface area contributed by atoms with Gasteiger partial charge in [-0.3, -0.25) is 9.59 Å². The van der Waals surface area contributed by atoms with Gasteiger partial charge in [0.25, 0.3) is 5.91 Å². The Morgan fingerprint density at radius 3 is 2.69 bits per heavy atom. The van der Waals surface area contributed by atoms with Gasteiger partial charge < -0.3 is 15.0 Å². The van der Waals surface area contributed by atoms with Gasteiger partial charge in [0.15, 0.2) is 0 Å². The van der Waals surface area contributed by atoms with Crippen molar-refractivity contribution < 1.29 is 14.3 Å². The molecule has 2 heterocycles. The lowest BCUT2D eigenvalue weighted by molar-refractivity contribution is -0.121. The van der Waals surface area contributed by atoms with Gasteiger partial charge in [-0.1, -0.05) is 24.3 Å². The van der Waals surface area contributed by atoms with Crippen LogP contribution in [0, 0.1) is 13.8 Å². The molecule has 0 aliphatic rings. The van der Waals surface area contributed by atoms with Crippen LogP contribution in [0.1, 0.15) is 26.4 Å². The summed E-state index contributed by atoms with van der Waals surface area (Å²) in [7, 11) is 1.61. The van der Waals surface area contributed by atoms with Gasteiger partial charge >= 0.3 is 0 Å². The number of thiophene rings is 1. The third-order valence-corrected chi connectivity index (χ3v) is 5.16. The Morgan fingerprint density at radius 2 is 2.00 bits per heavy atom. The maximum Gasteiger partial charge on any atom is 0.264 e. The van der Waals surface area contributed by atoms with Gasteiger partial charge in [-0.2, -0.15) is 0 Å². The molecule has 7 heteroatoms. The first-order valence-corrected chi connectivity index (χ1v) is 10.1. The third kappa shape index (κ3) is 5.65. The number of hydrogen-bond donors (Lipinski definition) is 1. The molecule has 150 valence electrons. The van der Waals surface area contributed by atoms with E-state index in [1.807, 2.05) is 49.6 Å². The summed E-state index contributed by atoms with van der Waals surface area (Å²) in [4.78, 5) is 30.6. The van der Waals surface area contributed by atoms with Gasteiger partial charge in [-0.25, -0.2) is 4.98 Å². The topological polar surface area (TPSA) is 71.5 Å². The van der Waals surface area contributed by atoms with E-state index in [2.05, 4.69) is 10.3 Å². The van der Waals surface area contributed by atoms with Gasteiger partial charge in [0.05, 0.1) is 11.4 Å². The maximum atomic E-state index is 12.2. The summed E-state index contributed by atoms with van der Waals surface area (Å²) in [6.45, 7) is 4.32. The van der Waals surface area contributed by atoms with Crippen molar-refractivity contribution in [2.24, 2.45) is 0 Å². The Morgan fingerprint density at radius 1 is 1.17 bits per heavy atom. The molecule has 29 heavy (non-hydrogen) atoms. The van der Waals surface area contributed by atoms with Crippen LogP contribution in [0.2, 0.25) is 0 Å². The maximum absolute atomic E-state index is 12.2. The smallest absolute Gasteiger partial charge is 0.264 e. The lowest BCUT2D eigenvalue weighted by atomic mass is 10.1. The lowest BCUT2D eigenvalue weighted by Crippen LogP contribution is -2.37. The minimum atomic E-state index is -0.229. The number of amides is 2. The number of ether oxygens (including phenoxy) is 1. The lowest BCUT2D eigenvalue weighted by Gasteiger charge is -2.16. The van der Waals surface area contributed by atoms with Crippen LogP contribution in [0.3, 0.4) is 0 Å². The number of hydrogen-bond acceptors (Lipinski definition) is 5. The van der Waals surface area contributed by atoms with Crippen LogP contribution >= 0.6 is 11.3 Å². The van der Waals surface area contributed by atoms with E-state index in [1.54, 1.807) is 25.4 Å². The van der Waals surface area contributed by atoms with E-state index < -0.39 is 0 Å². The highest BCUT2D eigenvalue weighted by Crippen LogP contribution is 2.24. The van der Waals surface area contributed by atoms with E-state index in [0.29, 0.717) is 17.3 Å². The van der Waals surface area contributed by atoms with Crippen molar-refractivity contribution in [1.82, 2.24) is 15.2 Å². The minimum absolute atomic E-state index is 0.00199. The van der Waals surface area contributed by atoms with Crippen molar-refractivity contribution >= 4 is 23.2 Å². The zero-order valence-corrected chi connectivity index (χ0v) is 17.5. The Balaban J connectivity index is 1.50. The highest BCUT2D eigenvalue weighted by molar-refractivity contribution is 7.12. The van der Waals surface area contributed by atoms with Crippen LogP contribution in [0.15, 0.2) is 54.0 Å². The molecule has 3 aromatic rings. The van der Waals surface area contributed by atoms with Crippen molar-refractivity contribution in [3.63, 3.8) is 0 Å². The zero-order valence-electron chi connectivity index (χ0n) is 16.6. The molecule has 0 aliphatic carbocycles. The van der Waals surface area contributed by atoms with Crippen molar-refractivity contribution in [3.8, 4) is 11.6 Å². The summed E-state index contributed by atoms with van der Waals surface area (Å²) in [5, 5.41) is 4.64. The summed E-state index contributed by atoms with van der Waals surface area (Å²) in [5.74, 6) is 0.880. The second kappa shape index (κ2) is 9.34. The molecule has 2 amide bonds. The normalized spacial score (nSPS) is 10.4. The molecule has 0 unspecified atom stereocenters. The number of aromatic nitrogens is 1. The number of benzene rings is 1. The molecule has 0 saturated carbocycles. The molecular weight excluding hydrogens is 386 g/mol. The number of pyridine rings is 1. The van der Waals surface area contributed by atoms with Crippen LogP contribution in [0.25, 0.3) is 0 Å². The molecule has 0 spiro atoms. The number of nitrogens with one attached hydrogen (secondary N) is 1. The average molecular weight is 410 g/mol. The number of nitrogens with zero attached hydrogens (tertiary/aromatic N) is 2. The number of rotatable bonds is 7. The van der Waals surface area contributed by atoms with Crippen molar-refractivity contribution in [2.45, 2.75) is 20.4 Å². The second-order valence-electron chi connectivity index (χ2n) is 6.79. The quantitative estimate of drug-likeness (QED) is 0.642. The Hall–Kier alpha value is -3.19. The highest BCUT2D eigenvalue weighted by Gasteiger charge is 2.15. The van der Waals surface area contributed by atoms with E-state index >= 15 is 0 Å². The summed E-state index contributed by atoms with van der Waals surface area (Å²) in [6, 6.07) is 13.2. The first kappa shape index (κ1) is 20.5. The molecule has 1 N–H and O–H groups in total. The molecule has 0 fully saturated rings. The van der Waals surface area contributed by atoms with Crippen LogP contribution in [0.4, 0.5) is 0 Å². The van der Waals surface area contributed by atoms with E-state index in [9.17, 15) is 9.59 Å². The van der Waals surface area contributed by atoms with Crippen LogP contribution in [0.5, 0.6) is 11.6 Å². The Kier molecular flexibility index (Phi) is 6.61. The molecule has 0 saturated heterocycles. The number of carbonyl (C=O) groups is 2. The van der Waals surface area contributed by atoms with Crippen molar-refractivity contribution in [1.29, 1.82) is 0 Å². The summed E-state index contributed by atoms with van der Waals surface area (Å²) >= 11 is 1.36. The second-order valence-corrected chi connectivity index (χ2v) is 7.74. The Labute approximate surface area is 174 Å². The van der Waals surface area contributed by atoms with Gasteiger partial charge in [0, 0.05) is 25.9 Å². The largest absolute Gasteiger partial charge is 0.439 e. The fraction of sp³-hybridized carbons (Fsp3) is 0.227. The summed E-state index contributed by atoms with van der Waals surface area (Å²) in [6.07, 6.45) is 1.67. The van der Waals surface area contributed by atoms with E-state index in [4.69, 9.17) is 4.74 Å².